The molecule has 3 N–H and O–H groups in total. The molecule has 1 fully saturated rings. The zero-order chi connectivity index (χ0) is 13.7. The zero-order valence-corrected chi connectivity index (χ0v) is 11.1. The van der Waals surface area contributed by atoms with Crippen LogP contribution in [0.5, 0.6) is 0 Å². The van der Waals surface area contributed by atoms with Gasteiger partial charge in [0.05, 0.1) is 6.61 Å². The Morgan fingerprint density at radius 3 is 2.42 bits per heavy atom. The van der Waals surface area contributed by atoms with Crippen LogP contribution in [0.25, 0.3) is 0 Å². The average molecular weight is 263 g/mol. The highest BCUT2D eigenvalue weighted by molar-refractivity contribution is 5.71. The van der Waals surface area contributed by atoms with Crippen LogP contribution >= 0.6 is 0 Å². The fourth-order valence-electron chi connectivity index (χ4n) is 2.36. The normalized spacial score (nSPS) is 17.2. The molecule has 1 heterocycles. The number of rotatable bonds is 3. The zero-order valence-electron chi connectivity index (χ0n) is 11.1. The largest absolute Gasteiger partial charge is 0.392 e. The standard InChI is InChI=1S/C14H21N3O2/c15-14(19)17-7-1-6-16(8-9-17)10-12-2-4-13(11-18)5-3-12/h2-5,18H,1,6-11H2,(H2,15,19). The Balaban J connectivity index is 1.90. The maximum Gasteiger partial charge on any atom is 0.314 e. The van der Waals surface area contributed by atoms with E-state index < -0.39 is 0 Å². The van der Waals surface area contributed by atoms with Gasteiger partial charge in [-0.3, -0.25) is 4.90 Å². The number of amides is 2. The van der Waals surface area contributed by atoms with E-state index in [4.69, 9.17) is 10.8 Å². The van der Waals surface area contributed by atoms with Crippen LogP contribution in [0.15, 0.2) is 24.3 Å². The van der Waals surface area contributed by atoms with Crippen molar-refractivity contribution in [3.8, 4) is 0 Å². The van der Waals surface area contributed by atoms with Crippen molar-refractivity contribution in [2.24, 2.45) is 5.73 Å². The van der Waals surface area contributed by atoms with E-state index in [0.717, 1.165) is 38.2 Å². The molecule has 0 radical (unpaired) electrons. The molecule has 5 nitrogen and oxygen atoms in total. The van der Waals surface area contributed by atoms with E-state index in [2.05, 4.69) is 4.90 Å². The van der Waals surface area contributed by atoms with Crippen molar-refractivity contribution in [2.75, 3.05) is 26.2 Å². The fraction of sp³-hybridized carbons (Fsp3) is 0.500. The molecule has 2 rings (SSSR count). The minimum Gasteiger partial charge on any atom is -0.392 e. The first kappa shape index (κ1) is 13.8. The lowest BCUT2D eigenvalue weighted by Gasteiger charge is -2.20. The molecule has 1 aliphatic rings. The summed E-state index contributed by atoms with van der Waals surface area (Å²) in [7, 11) is 0. The Morgan fingerprint density at radius 1 is 1.11 bits per heavy atom. The summed E-state index contributed by atoms with van der Waals surface area (Å²) >= 11 is 0. The first-order valence-corrected chi connectivity index (χ1v) is 6.64. The Kier molecular flexibility index (Phi) is 4.76. The number of carbonyl (C=O) groups is 1. The maximum atomic E-state index is 11.1. The lowest BCUT2D eigenvalue weighted by Crippen LogP contribution is -2.38. The number of nitrogens with two attached hydrogens (primary N) is 1. The van der Waals surface area contributed by atoms with Crippen LogP contribution < -0.4 is 5.73 Å². The second kappa shape index (κ2) is 6.54. The van der Waals surface area contributed by atoms with Gasteiger partial charge in [-0.1, -0.05) is 24.3 Å². The quantitative estimate of drug-likeness (QED) is 0.846. The molecule has 2 amide bonds. The minimum absolute atomic E-state index is 0.0809. The molecule has 1 aromatic rings. The summed E-state index contributed by atoms with van der Waals surface area (Å²) in [5.41, 5.74) is 7.47. The molecule has 0 aliphatic carbocycles. The summed E-state index contributed by atoms with van der Waals surface area (Å²) in [5, 5.41) is 9.01. The van der Waals surface area contributed by atoms with Crippen molar-refractivity contribution < 1.29 is 9.90 Å². The molecule has 0 aromatic heterocycles. The Labute approximate surface area is 113 Å². The molecule has 0 unspecified atom stereocenters. The van der Waals surface area contributed by atoms with Crippen molar-refractivity contribution in [1.29, 1.82) is 0 Å². The summed E-state index contributed by atoms with van der Waals surface area (Å²) in [5.74, 6) is 0. The lowest BCUT2D eigenvalue weighted by atomic mass is 10.1. The third kappa shape index (κ3) is 3.94. The highest BCUT2D eigenvalue weighted by atomic mass is 16.3. The van der Waals surface area contributed by atoms with Crippen LogP contribution in [0.2, 0.25) is 0 Å². The number of benzene rings is 1. The van der Waals surface area contributed by atoms with Gasteiger partial charge in [0.2, 0.25) is 0 Å². The number of carbonyl (C=O) groups excluding carboxylic acids is 1. The number of aliphatic hydroxyl groups excluding tert-OH is 1. The minimum atomic E-state index is -0.325. The van der Waals surface area contributed by atoms with E-state index in [1.807, 2.05) is 24.3 Å². The highest BCUT2D eigenvalue weighted by Crippen LogP contribution is 2.10. The molecule has 0 atom stereocenters. The molecule has 5 heteroatoms. The van der Waals surface area contributed by atoms with Crippen LogP contribution in [0.4, 0.5) is 4.79 Å². The average Bonchev–Trinajstić information content (AvgIpc) is 2.65. The van der Waals surface area contributed by atoms with E-state index in [-0.39, 0.29) is 12.6 Å². The van der Waals surface area contributed by atoms with Gasteiger partial charge in [-0.2, -0.15) is 0 Å². The number of nitrogens with zero attached hydrogens (tertiary/aromatic N) is 2. The molecule has 1 aromatic carbocycles. The third-order valence-electron chi connectivity index (χ3n) is 3.51. The summed E-state index contributed by atoms with van der Waals surface area (Å²) in [6, 6.07) is 7.66. The van der Waals surface area contributed by atoms with Gasteiger partial charge in [-0.15, -0.1) is 0 Å². The second-order valence-corrected chi connectivity index (χ2v) is 4.93. The van der Waals surface area contributed by atoms with Crippen LogP contribution in [0.1, 0.15) is 17.5 Å². The predicted octanol–water partition coefficient (Wildman–Crippen LogP) is 0.765. The summed E-state index contributed by atoms with van der Waals surface area (Å²) in [6.45, 7) is 4.23. The van der Waals surface area contributed by atoms with Gasteiger partial charge in [-0.25, -0.2) is 4.79 Å². The molecule has 19 heavy (non-hydrogen) atoms. The Bertz CT molecular complexity index is 419. The topological polar surface area (TPSA) is 69.8 Å². The number of primary amides is 1. The van der Waals surface area contributed by atoms with Gasteiger partial charge >= 0.3 is 6.03 Å². The molecule has 0 bridgehead atoms. The lowest BCUT2D eigenvalue weighted by molar-refractivity contribution is 0.207. The Morgan fingerprint density at radius 2 is 1.79 bits per heavy atom. The summed E-state index contributed by atoms with van der Waals surface area (Å²) in [4.78, 5) is 15.2. The van der Waals surface area contributed by atoms with Crippen molar-refractivity contribution in [1.82, 2.24) is 9.80 Å². The molecular weight excluding hydrogens is 242 g/mol. The molecule has 1 saturated heterocycles. The molecule has 0 spiro atoms. The number of hydrogen-bond acceptors (Lipinski definition) is 3. The number of hydrogen-bond donors (Lipinski definition) is 2. The molecule has 1 aliphatic heterocycles. The summed E-state index contributed by atoms with van der Waals surface area (Å²) in [6.07, 6.45) is 0.956. The van der Waals surface area contributed by atoms with Crippen LogP contribution in [0.3, 0.4) is 0 Å². The van der Waals surface area contributed by atoms with Crippen molar-refractivity contribution in [2.45, 2.75) is 19.6 Å². The van der Waals surface area contributed by atoms with Gasteiger partial charge < -0.3 is 15.7 Å². The van der Waals surface area contributed by atoms with Gasteiger partial charge in [0.15, 0.2) is 0 Å². The van der Waals surface area contributed by atoms with Crippen LogP contribution in [0, 0.1) is 0 Å². The van der Waals surface area contributed by atoms with E-state index in [9.17, 15) is 4.79 Å². The highest BCUT2D eigenvalue weighted by Gasteiger charge is 2.16. The first-order chi connectivity index (χ1) is 9.19. The van der Waals surface area contributed by atoms with E-state index in [1.165, 1.54) is 5.56 Å². The van der Waals surface area contributed by atoms with Gasteiger partial charge in [0.25, 0.3) is 0 Å². The Hall–Kier alpha value is -1.59. The van der Waals surface area contributed by atoms with E-state index in [1.54, 1.807) is 4.90 Å². The molecular formula is C14H21N3O2. The second-order valence-electron chi connectivity index (χ2n) is 4.93. The third-order valence-corrected chi connectivity index (χ3v) is 3.51. The van der Waals surface area contributed by atoms with Crippen LogP contribution in [-0.4, -0.2) is 47.1 Å². The SMILES string of the molecule is NC(=O)N1CCCN(Cc2ccc(CO)cc2)CC1. The number of urea groups is 1. The van der Waals surface area contributed by atoms with Gasteiger partial charge in [0, 0.05) is 32.7 Å². The molecule has 0 saturated carbocycles. The first-order valence-electron chi connectivity index (χ1n) is 6.64. The smallest absolute Gasteiger partial charge is 0.314 e. The van der Waals surface area contributed by atoms with Gasteiger partial charge in [0.1, 0.15) is 0 Å². The van der Waals surface area contributed by atoms with Crippen LogP contribution in [-0.2, 0) is 13.2 Å². The van der Waals surface area contributed by atoms with E-state index in [0.29, 0.717) is 6.54 Å². The maximum absolute atomic E-state index is 11.1. The summed E-state index contributed by atoms with van der Waals surface area (Å²) < 4.78 is 0. The van der Waals surface area contributed by atoms with Crippen molar-refractivity contribution in [3.63, 3.8) is 0 Å². The predicted molar refractivity (Wildman–Crippen MR) is 73.4 cm³/mol. The monoisotopic (exact) mass is 263 g/mol. The van der Waals surface area contributed by atoms with Crippen molar-refractivity contribution >= 4 is 6.03 Å². The van der Waals surface area contributed by atoms with Gasteiger partial charge in [-0.05, 0) is 17.5 Å². The molecule has 104 valence electrons. The fourth-order valence-corrected chi connectivity index (χ4v) is 2.36. The van der Waals surface area contributed by atoms with Crippen molar-refractivity contribution in [3.05, 3.63) is 35.4 Å². The number of aliphatic hydroxyl groups is 1. The van der Waals surface area contributed by atoms with E-state index >= 15 is 0 Å².